The van der Waals surface area contributed by atoms with Gasteiger partial charge in [-0.1, -0.05) is 0 Å². The van der Waals surface area contributed by atoms with Crippen molar-refractivity contribution in [1.29, 1.82) is 0 Å². The van der Waals surface area contributed by atoms with Crippen molar-refractivity contribution in [3.05, 3.63) is 30.0 Å². The molecule has 1 aliphatic heterocycles. The molecule has 0 amide bonds. The first-order valence-electron chi connectivity index (χ1n) is 11.5. The summed E-state index contributed by atoms with van der Waals surface area (Å²) in [5.74, 6) is 0. The third-order valence-electron chi connectivity index (χ3n) is 6.30. The maximum absolute atomic E-state index is 5.99. The Hall–Kier alpha value is -0.521. The van der Waals surface area contributed by atoms with Gasteiger partial charge in [0.05, 0.1) is 0 Å². The molecule has 0 unspecified atom stereocenters. The Morgan fingerprint density at radius 1 is 0.893 bits per heavy atom. The van der Waals surface area contributed by atoms with Crippen LogP contribution in [-0.2, 0) is 9.47 Å². The summed E-state index contributed by atoms with van der Waals surface area (Å²) in [5, 5.41) is 1.23. The van der Waals surface area contributed by atoms with Gasteiger partial charge in [0.1, 0.15) is 0 Å². The van der Waals surface area contributed by atoms with Crippen molar-refractivity contribution in [3.63, 3.8) is 0 Å². The number of unbranched alkanes of at least 4 members (excludes halogenated alkanes) is 3. The number of fused-ring (bicyclic) bond motifs is 1. The molecule has 1 aromatic carbocycles. The molecule has 1 aliphatic rings. The summed E-state index contributed by atoms with van der Waals surface area (Å²) in [6, 6.07) is 7.04. The molecule has 156 valence electrons. The maximum atomic E-state index is 5.99. The van der Waals surface area contributed by atoms with E-state index in [4.69, 9.17) is 13.9 Å². The summed E-state index contributed by atoms with van der Waals surface area (Å²) < 4.78 is 24.0. The molecule has 4 heteroatoms. The van der Waals surface area contributed by atoms with Crippen molar-refractivity contribution in [1.82, 2.24) is 0 Å². The van der Waals surface area contributed by atoms with Crippen molar-refractivity contribution >= 4 is 32.9 Å². The molecule has 1 fully saturated rings. The Morgan fingerprint density at radius 3 is 2.07 bits per heavy atom. The molecule has 0 radical (unpaired) electrons. The third kappa shape index (κ3) is 5.14. The zero-order chi connectivity index (χ0) is 19.8. The standard InChI is InChI=1S/C12H11O3.3C4H9.Sn/c1-3-9-5-8-13-11(9)10(4-1)12-14-6-2-7-15-12;3*1-3-4-2;/h3-5,8,12H,2,6-7H2;3*1,3-4H2,2H3;. The van der Waals surface area contributed by atoms with Crippen LogP contribution in [0.4, 0.5) is 0 Å². The van der Waals surface area contributed by atoms with Crippen LogP contribution in [0.2, 0.25) is 13.3 Å². The van der Waals surface area contributed by atoms with Gasteiger partial charge in [0.2, 0.25) is 0 Å². The molecule has 0 bridgehead atoms. The first-order valence-corrected chi connectivity index (χ1v) is 19.0. The van der Waals surface area contributed by atoms with E-state index in [2.05, 4.69) is 39.0 Å². The van der Waals surface area contributed by atoms with Crippen molar-refractivity contribution in [2.24, 2.45) is 0 Å². The zero-order valence-corrected chi connectivity index (χ0v) is 21.0. The Balaban J connectivity index is 2.06. The molecule has 28 heavy (non-hydrogen) atoms. The summed E-state index contributed by atoms with van der Waals surface area (Å²) in [5.41, 5.74) is 2.08. The fourth-order valence-corrected chi connectivity index (χ4v) is 20.7. The Morgan fingerprint density at radius 2 is 1.50 bits per heavy atom. The summed E-state index contributed by atoms with van der Waals surface area (Å²) in [6.45, 7) is 8.56. The van der Waals surface area contributed by atoms with Gasteiger partial charge in [-0.25, -0.2) is 0 Å². The Kier molecular flexibility index (Phi) is 8.73. The van der Waals surface area contributed by atoms with E-state index in [-0.39, 0.29) is 6.29 Å². The van der Waals surface area contributed by atoms with Crippen LogP contribution in [0.15, 0.2) is 28.9 Å². The second-order valence-electron chi connectivity index (χ2n) is 8.42. The zero-order valence-electron chi connectivity index (χ0n) is 18.1. The van der Waals surface area contributed by atoms with Crippen LogP contribution in [-0.4, -0.2) is 31.6 Å². The average molecular weight is 493 g/mol. The first kappa shape index (κ1) is 22.2. The van der Waals surface area contributed by atoms with E-state index in [9.17, 15) is 0 Å². The number of furan rings is 1. The molecule has 0 saturated carbocycles. The Bertz CT molecular complexity index is 696. The number of hydrogen-bond donors (Lipinski definition) is 0. The summed E-state index contributed by atoms with van der Waals surface area (Å²) in [6.07, 6.45) is 10.5. The van der Waals surface area contributed by atoms with Gasteiger partial charge < -0.3 is 0 Å². The number of rotatable bonds is 11. The molecule has 0 aliphatic carbocycles. The van der Waals surface area contributed by atoms with Crippen LogP contribution < -0.4 is 3.58 Å². The molecule has 3 nitrogen and oxygen atoms in total. The molecule has 1 saturated heterocycles. The van der Waals surface area contributed by atoms with Crippen molar-refractivity contribution in [2.45, 2.75) is 85.3 Å². The van der Waals surface area contributed by atoms with Crippen LogP contribution in [0.5, 0.6) is 0 Å². The summed E-state index contributed by atoms with van der Waals surface area (Å²) in [4.78, 5) is 0. The molecule has 2 heterocycles. The average Bonchev–Trinajstić information content (AvgIpc) is 3.22. The van der Waals surface area contributed by atoms with E-state index in [0.29, 0.717) is 0 Å². The van der Waals surface area contributed by atoms with Crippen LogP contribution in [0, 0.1) is 0 Å². The van der Waals surface area contributed by atoms with Crippen molar-refractivity contribution < 1.29 is 13.9 Å². The van der Waals surface area contributed by atoms with Crippen LogP contribution in [0.3, 0.4) is 0 Å². The molecule has 0 spiro atoms. The fourth-order valence-electron chi connectivity index (χ4n) is 4.61. The van der Waals surface area contributed by atoms with E-state index >= 15 is 0 Å². The van der Waals surface area contributed by atoms with Crippen molar-refractivity contribution in [2.75, 3.05) is 13.2 Å². The molecule has 0 atom stereocenters. The van der Waals surface area contributed by atoms with Gasteiger partial charge >= 0.3 is 175 Å². The normalized spacial score (nSPS) is 16.1. The van der Waals surface area contributed by atoms with Gasteiger partial charge in [-0.3, -0.25) is 0 Å². The van der Waals surface area contributed by atoms with Gasteiger partial charge in [0.25, 0.3) is 0 Å². The molecule has 2 aromatic rings. The van der Waals surface area contributed by atoms with Gasteiger partial charge in [-0.2, -0.15) is 0 Å². The van der Waals surface area contributed by atoms with Gasteiger partial charge in [0.15, 0.2) is 0 Å². The predicted octanol–water partition coefficient (Wildman–Crippen LogP) is 6.92. The molecular weight excluding hydrogens is 455 g/mol. The second-order valence-corrected chi connectivity index (χ2v) is 21.7. The first-order chi connectivity index (χ1) is 13.7. The third-order valence-corrected chi connectivity index (χ3v) is 21.8. The van der Waals surface area contributed by atoms with Crippen LogP contribution >= 0.6 is 0 Å². The topological polar surface area (TPSA) is 31.6 Å². The molecule has 3 rings (SSSR count). The van der Waals surface area contributed by atoms with Crippen molar-refractivity contribution in [3.8, 4) is 0 Å². The van der Waals surface area contributed by atoms with E-state index in [1.807, 2.05) is 6.26 Å². The fraction of sp³-hybridized carbons (Fsp3) is 0.667. The van der Waals surface area contributed by atoms with E-state index in [0.717, 1.165) is 30.8 Å². The minimum atomic E-state index is -2.50. The predicted molar refractivity (Wildman–Crippen MR) is 120 cm³/mol. The second kappa shape index (κ2) is 11.0. The summed E-state index contributed by atoms with van der Waals surface area (Å²) >= 11 is -2.50. The van der Waals surface area contributed by atoms with Crippen LogP contribution in [0.1, 0.15) is 77.6 Å². The quantitative estimate of drug-likeness (QED) is 0.319. The molecule has 1 aromatic heterocycles. The van der Waals surface area contributed by atoms with E-state index < -0.39 is 18.4 Å². The van der Waals surface area contributed by atoms with Crippen LogP contribution in [0.25, 0.3) is 11.0 Å². The number of ether oxygens (including phenoxy) is 2. The van der Waals surface area contributed by atoms with E-state index in [1.165, 1.54) is 57.2 Å². The minimum absolute atomic E-state index is 0.269. The van der Waals surface area contributed by atoms with Gasteiger partial charge in [0, 0.05) is 0 Å². The molecule has 0 N–H and O–H groups in total. The number of hydrogen-bond acceptors (Lipinski definition) is 3. The summed E-state index contributed by atoms with van der Waals surface area (Å²) in [7, 11) is 0. The molecular formula is C24H38O3Sn. The van der Waals surface area contributed by atoms with Gasteiger partial charge in [-0.05, 0) is 0 Å². The monoisotopic (exact) mass is 494 g/mol. The SMILES string of the molecule is CCC[CH2][Sn]([CH2]CCC)([CH2]CCC)[c]1cc(C2OCCCO2)c2occc2c1. The number of benzene rings is 1. The van der Waals surface area contributed by atoms with E-state index in [1.54, 1.807) is 3.58 Å². The van der Waals surface area contributed by atoms with Gasteiger partial charge in [-0.15, -0.1) is 0 Å². The Labute approximate surface area is 175 Å².